The van der Waals surface area contributed by atoms with Gasteiger partial charge in [0, 0.05) is 11.6 Å². The molecule has 1 amide bonds. The van der Waals surface area contributed by atoms with Gasteiger partial charge in [0.05, 0.1) is 5.69 Å². The lowest BCUT2D eigenvalue weighted by atomic mass is 10.2. The summed E-state index contributed by atoms with van der Waals surface area (Å²) in [4.78, 5) is 11.5. The van der Waals surface area contributed by atoms with Crippen LogP contribution in [0.5, 0.6) is 0 Å². The molecule has 0 spiro atoms. The number of amides is 1. The summed E-state index contributed by atoms with van der Waals surface area (Å²) < 4.78 is 13.0. The maximum atomic E-state index is 13.0. The van der Waals surface area contributed by atoms with E-state index < -0.39 is 5.82 Å². The lowest BCUT2D eigenvalue weighted by molar-refractivity contribution is -0.117. The van der Waals surface area contributed by atoms with Crippen molar-refractivity contribution < 1.29 is 9.18 Å². The van der Waals surface area contributed by atoms with Gasteiger partial charge >= 0.3 is 0 Å². The summed E-state index contributed by atoms with van der Waals surface area (Å²) in [5, 5.41) is 2.67. The highest BCUT2D eigenvalue weighted by atomic mass is 19.1. The molecular weight excluding hydrogens is 195 g/mol. The van der Waals surface area contributed by atoms with E-state index in [1.165, 1.54) is 12.1 Å². The van der Waals surface area contributed by atoms with Gasteiger partial charge in [-0.25, -0.2) is 4.39 Å². The van der Waals surface area contributed by atoms with Crippen molar-refractivity contribution in [3.05, 3.63) is 24.0 Å². The van der Waals surface area contributed by atoms with E-state index in [0.29, 0.717) is 11.6 Å². The SMILES string of the molecule is CC1CC1C(=O)Nc1ccc(N)c(F)c1. The van der Waals surface area contributed by atoms with Crippen LogP contribution in [0.3, 0.4) is 0 Å². The molecule has 0 heterocycles. The number of carbonyl (C=O) groups excluding carboxylic acids is 1. The molecule has 1 saturated carbocycles. The average Bonchev–Trinajstić information content (AvgIpc) is 2.89. The predicted octanol–water partition coefficient (Wildman–Crippen LogP) is 2.00. The molecule has 2 rings (SSSR count). The van der Waals surface area contributed by atoms with Crippen LogP contribution in [0.4, 0.5) is 15.8 Å². The number of hydrogen-bond donors (Lipinski definition) is 2. The van der Waals surface area contributed by atoms with Gasteiger partial charge in [0.2, 0.25) is 5.91 Å². The van der Waals surface area contributed by atoms with E-state index in [9.17, 15) is 9.18 Å². The van der Waals surface area contributed by atoms with E-state index in [0.717, 1.165) is 6.42 Å². The van der Waals surface area contributed by atoms with E-state index in [2.05, 4.69) is 5.32 Å². The Morgan fingerprint density at radius 1 is 1.60 bits per heavy atom. The number of benzene rings is 1. The number of nitrogens with two attached hydrogens (primary N) is 1. The third-order valence-corrected chi connectivity index (χ3v) is 2.71. The maximum absolute atomic E-state index is 13.0. The minimum absolute atomic E-state index is 0.0355. The van der Waals surface area contributed by atoms with Crippen LogP contribution in [-0.4, -0.2) is 5.91 Å². The van der Waals surface area contributed by atoms with Gasteiger partial charge in [-0.3, -0.25) is 4.79 Å². The summed E-state index contributed by atoms with van der Waals surface area (Å²) in [5.41, 5.74) is 5.88. The first-order valence-corrected chi connectivity index (χ1v) is 4.94. The van der Waals surface area contributed by atoms with Crippen molar-refractivity contribution >= 4 is 17.3 Å². The molecule has 1 aromatic rings. The third-order valence-electron chi connectivity index (χ3n) is 2.71. The minimum Gasteiger partial charge on any atom is -0.396 e. The fourth-order valence-electron chi connectivity index (χ4n) is 1.53. The number of nitrogen functional groups attached to an aromatic ring is 1. The number of carbonyl (C=O) groups is 1. The molecule has 0 saturated heterocycles. The Balaban J connectivity index is 2.04. The molecule has 0 bridgehead atoms. The molecule has 1 aliphatic carbocycles. The van der Waals surface area contributed by atoms with E-state index in [1.807, 2.05) is 6.92 Å². The summed E-state index contributed by atoms with van der Waals surface area (Å²) >= 11 is 0. The van der Waals surface area contributed by atoms with Crippen molar-refractivity contribution in [3.8, 4) is 0 Å². The topological polar surface area (TPSA) is 55.1 Å². The molecule has 0 radical (unpaired) electrons. The first-order valence-electron chi connectivity index (χ1n) is 4.94. The highest BCUT2D eigenvalue weighted by Crippen LogP contribution is 2.38. The van der Waals surface area contributed by atoms with Gasteiger partial charge in [0.1, 0.15) is 5.82 Å². The van der Waals surface area contributed by atoms with Gasteiger partial charge in [0.25, 0.3) is 0 Å². The standard InChI is InChI=1S/C11H13FN2O/c1-6-4-8(6)11(15)14-7-2-3-10(13)9(12)5-7/h2-3,5-6,8H,4,13H2,1H3,(H,14,15). The second-order valence-corrected chi connectivity index (χ2v) is 4.05. The molecule has 1 aromatic carbocycles. The van der Waals surface area contributed by atoms with Crippen LogP contribution in [0.1, 0.15) is 13.3 Å². The van der Waals surface area contributed by atoms with Gasteiger partial charge in [-0.2, -0.15) is 0 Å². The molecule has 4 heteroatoms. The molecule has 3 nitrogen and oxygen atoms in total. The van der Waals surface area contributed by atoms with Crippen LogP contribution in [0.15, 0.2) is 18.2 Å². The first kappa shape index (κ1) is 9.96. The molecule has 0 aliphatic heterocycles. The van der Waals surface area contributed by atoms with Gasteiger partial charge in [-0.1, -0.05) is 6.92 Å². The average molecular weight is 208 g/mol. The zero-order chi connectivity index (χ0) is 11.0. The maximum Gasteiger partial charge on any atom is 0.227 e. The van der Waals surface area contributed by atoms with Gasteiger partial charge in [0.15, 0.2) is 0 Å². The molecule has 3 N–H and O–H groups in total. The van der Waals surface area contributed by atoms with E-state index in [4.69, 9.17) is 5.73 Å². The Bertz CT molecular complexity index is 406. The molecule has 1 fully saturated rings. The number of hydrogen-bond acceptors (Lipinski definition) is 2. The lowest BCUT2D eigenvalue weighted by Crippen LogP contribution is -2.14. The van der Waals surface area contributed by atoms with Crippen LogP contribution in [-0.2, 0) is 4.79 Å². The molecule has 1 aliphatic rings. The quantitative estimate of drug-likeness (QED) is 0.730. The smallest absolute Gasteiger partial charge is 0.227 e. The van der Waals surface area contributed by atoms with Crippen molar-refractivity contribution in [1.29, 1.82) is 0 Å². The molecular formula is C11H13FN2O. The van der Waals surface area contributed by atoms with E-state index in [-0.39, 0.29) is 17.5 Å². The van der Waals surface area contributed by atoms with Crippen molar-refractivity contribution in [1.82, 2.24) is 0 Å². The fourth-order valence-corrected chi connectivity index (χ4v) is 1.53. The largest absolute Gasteiger partial charge is 0.396 e. The normalized spacial score (nSPS) is 23.6. The Morgan fingerprint density at radius 3 is 2.80 bits per heavy atom. The Kier molecular flexibility index (Phi) is 2.34. The Morgan fingerprint density at radius 2 is 2.27 bits per heavy atom. The van der Waals surface area contributed by atoms with Crippen LogP contribution >= 0.6 is 0 Å². The minimum atomic E-state index is -0.503. The van der Waals surface area contributed by atoms with Gasteiger partial charge in [-0.15, -0.1) is 0 Å². The van der Waals surface area contributed by atoms with Crippen molar-refractivity contribution in [3.63, 3.8) is 0 Å². The molecule has 2 atom stereocenters. The van der Waals surface area contributed by atoms with Crippen LogP contribution in [0.2, 0.25) is 0 Å². The zero-order valence-electron chi connectivity index (χ0n) is 8.46. The van der Waals surface area contributed by atoms with Crippen molar-refractivity contribution in [2.45, 2.75) is 13.3 Å². The Hall–Kier alpha value is -1.58. The highest BCUT2D eigenvalue weighted by Gasteiger charge is 2.39. The van der Waals surface area contributed by atoms with Crippen LogP contribution < -0.4 is 11.1 Å². The summed E-state index contributed by atoms with van der Waals surface area (Å²) in [6, 6.07) is 4.28. The van der Waals surface area contributed by atoms with Gasteiger partial charge in [-0.05, 0) is 30.5 Å². The number of anilines is 2. The molecule has 15 heavy (non-hydrogen) atoms. The van der Waals surface area contributed by atoms with E-state index >= 15 is 0 Å². The summed E-state index contributed by atoms with van der Waals surface area (Å²) in [6.07, 6.45) is 0.920. The van der Waals surface area contributed by atoms with Gasteiger partial charge < -0.3 is 11.1 Å². The zero-order valence-corrected chi connectivity index (χ0v) is 8.46. The lowest BCUT2D eigenvalue weighted by Gasteiger charge is -2.05. The highest BCUT2D eigenvalue weighted by molar-refractivity contribution is 5.94. The monoisotopic (exact) mass is 208 g/mol. The fraction of sp³-hybridized carbons (Fsp3) is 0.364. The number of rotatable bonds is 2. The van der Waals surface area contributed by atoms with Crippen molar-refractivity contribution in [2.75, 3.05) is 11.1 Å². The Labute approximate surface area is 87.5 Å². The first-order chi connectivity index (χ1) is 7.08. The summed E-state index contributed by atoms with van der Waals surface area (Å²) in [6.45, 7) is 2.02. The number of nitrogens with one attached hydrogen (secondary N) is 1. The van der Waals surface area contributed by atoms with Crippen LogP contribution in [0.25, 0.3) is 0 Å². The second-order valence-electron chi connectivity index (χ2n) is 4.05. The van der Waals surface area contributed by atoms with Crippen molar-refractivity contribution in [2.24, 2.45) is 11.8 Å². The van der Waals surface area contributed by atoms with Crippen LogP contribution in [0, 0.1) is 17.7 Å². The third kappa shape index (κ3) is 2.09. The van der Waals surface area contributed by atoms with E-state index in [1.54, 1.807) is 6.07 Å². The summed E-state index contributed by atoms with van der Waals surface area (Å²) in [7, 11) is 0. The molecule has 2 unspecified atom stereocenters. The number of halogens is 1. The molecule has 0 aromatic heterocycles. The second kappa shape index (κ2) is 3.53. The molecule has 80 valence electrons. The predicted molar refractivity (Wildman–Crippen MR) is 56.7 cm³/mol. The summed E-state index contributed by atoms with van der Waals surface area (Å²) in [5.74, 6) is -0.00226.